The van der Waals surface area contributed by atoms with Crippen molar-refractivity contribution in [1.29, 1.82) is 0 Å². The lowest BCUT2D eigenvalue weighted by molar-refractivity contribution is -0.132. The lowest BCUT2D eigenvalue weighted by Crippen LogP contribution is -2.43. The number of hydrogen-bond donors (Lipinski definition) is 1. The number of fused-ring (bicyclic) bond motifs is 2. The highest BCUT2D eigenvalue weighted by Gasteiger charge is 2.27. The topological polar surface area (TPSA) is 77.1 Å². The van der Waals surface area contributed by atoms with E-state index in [-0.39, 0.29) is 24.5 Å². The molecule has 4 rings (SSSR count). The van der Waals surface area contributed by atoms with Crippen LogP contribution < -0.4 is 10.1 Å². The molecule has 7 nitrogen and oxygen atoms in total. The zero-order valence-corrected chi connectivity index (χ0v) is 19.6. The molecule has 1 unspecified atom stereocenters. The Morgan fingerprint density at radius 3 is 2.71 bits per heavy atom. The molecule has 1 N–H and O–H groups in total. The van der Waals surface area contributed by atoms with E-state index in [0.717, 1.165) is 25.0 Å². The van der Waals surface area contributed by atoms with Crippen molar-refractivity contribution in [3.05, 3.63) is 59.7 Å². The number of amides is 2. The molecule has 7 heteroatoms. The highest BCUT2D eigenvalue weighted by atomic mass is 16.5. The number of rotatable bonds is 10. The Kier molecular flexibility index (Phi) is 8.33. The van der Waals surface area contributed by atoms with Crippen LogP contribution in [0.5, 0.6) is 11.5 Å². The van der Waals surface area contributed by atoms with Crippen LogP contribution in [0, 0.1) is 0 Å². The first-order chi connectivity index (χ1) is 16.7. The number of nitrogens with zero attached hydrogens (tertiary/aromatic N) is 1. The third-order valence-electron chi connectivity index (χ3n) is 5.94. The molecule has 1 saturated heterocycles. The molecule has 34 heavy (non-hydrogen) atoms. The Bertz CT molecular complexity index is 1030. The van der Waals surface area contributed by atoms with E-state index in [0.29, 0.717) is 55.4 Å². The Morgan fingerprint density at radius 1 is 1.12 bits per heavy atom. The third kappa shape index (κ3) is 6.04. The van der Waals surface area contributed by atoms with Crippen molar-refractivity contribution in [3.63, 3.8) is 0 Å². The highest BCUT2D eigenvalue weighted by molar-refractivity contribution is 6.25. The first-order valence-corrected chi connectivity index (χ1v) is 12.0. The molecule has 2 aliphatic rings. The van der Waals surface area contributed by atoms with Crippen LogP contribution >= 0.6 is 0 Å². The molecule has 0 aliphatic carbocycles. The molecular formula is C27H32N2O5. The molecule has 2 aliphatic heterocycles. The lowest BCUT2D eigenvalue weighted by Gasteiger charge is -2.24. The van der Waals surface area contributed by atoms with E-state index in [4.69, 9.17) is 14.2 Å². The molecular weight excluding hydrogens is 432 g/mol. The number of carbonyl (C=O) groups excluding carboxylic acids is 2. The predicted molar refractivity (Wildman–Crippen MR) is 131 cm³/mol. The fraction of sp³-hybridized carbons (Fsp3) is 0.407. The summed E-state index contributed by atoms with van der Waals surface area (Å²) in [7, 11) is 0. The van der Waals surface area contributed by atoms with Crippen molar-refractivity contribution >= 4 is 23.5 Å². The number of nitrogens with one attached hydrogen (secondary N) is 1. The largest absolute Gasteiger partial charge is 0.456 e. The molecule has 0 bridgehead atoms. The van der Waals surface area contributed by atoms with Crippen molar-refractivity contribution in [2.75, 3.05) is 39.5 Å². The Labute approximate surface area is 200 Å². The predicted octanol–water partition coefficient (Wildman–Crippen LogP) is 3.88. The van der Waals surface area contributed by atoms with Crippen LogP contribution in [0.2, 0.25) is 0 Å². The number of carbonyl (C=O) groups is 2. The first-order valence-electron chi connectivity index (χ1n) is 12.0. The monoisotopic (exact) mass is 464 g/mol. The van der Waals surface area contributed by atoms with E-state index in [1.807, 2.05) is 61.5 Å². The van der Waals surface area contributed by atoms with Gasteiger partial charge in [-0.2, -0.15) is 0 Å². The molecule has 2 aromatic carbocycles. The zero-order valence-electron chi connectivity index (χ0n) is 19.6. The molecule has 0 spiro atoms. The zero-order chi connectivity index (χ0) is 23.8. The summed E-state index contributed by atoms with van der Waals surface area (Å²) in [6.07, 6.45) is 4.50. The van der Waals surface area contributed by atoms with Gasteiger partial charge in [-0.05, 0) is 44.4 Å². The molecule has 1 atom stereocenters. The maximum absolute atomic E-state index is 13.8. The highest BCUT2D eigenvalue weighted by Crippen LogP contribution is 2.38. The Hall–Kier alpha value is -3.16. The quantitative estimate of drug-likeness (QED) is 0.540. The smallest absolute Gasteiger partial charge is 0.255 e. The minimum absolute atomic E-state index is 0.0281. The molecule has 2 aromatic rings. The number of hydrogen-bond acceptors (Lipinski definition) is 5. The maximum atomic E-state index is 13.8. The van der Waals surface area contributed by atoms with E-state index in [1.54, 1.807) is 4.90 Å². The SMILES string of the molecule is CCOCCCN(CC(=O)NCC1CCCO1)C(=O)C1=Cc2ccccc2Oc2ccccc21. The van der Waals surface area contributed by atoms with Crippen LogP contribution in [0.3, 0.4) is 0 Å². The molecule has 0 aromatic heterocycles. The van der Waals surface area contributed by atoms with Crippen molar-refractivity contribution in [2.45, 2.75) is 32.3 Å². The molecule has 2 amide bonds. The number of para-hydroxylation sites is 2. The van der Waals surface area contributed by atoms with Gasteiger partial charge in [0.05, 0.1) is 18.2 Å². The minimum atomic E-state index is -0.212. The van der Waals surface area contributed by atoms with Crippen LogP contribution in [0.1, 0.15) is 37.3 Å². The second-order valence-corrected chi connectivity index (χ2v) is 8.41. The summed E-state index contributed by atoms with van der Waals surface area (Å²) < 4.78 is 17.2. The second-order valence-electron chi connectivity index (χ2n) is 8.41. The van der Waals surface area contributed by atoms with E-state index in [1.165, 1.54) is 0 Å². The minimum Gasteiger partial charge on any atom is -0.456 e. The summed E-state index contributed by atoms with van der Waals surface area (Å²) in [5.41, 5.74) is 2.03. The Balaban J connectivity index is 1.56. The maximum Gasteiger partial charge on any atom is 0.255 e. The van der Waals surface area contributed by atoms with E-state index in [9.17, 15) is 9.59 Å². The average molecular weight is 465 g/mol. The second kappa shape index (κ2) is 11.8. The summed E-state index contributed by atoms with van der Waals surface area (Å²) >= 11 is 0. The van der Waals surface area contributed by atoms with Crippen LogP contribution in [0.25, 0.3) is 11.6 Å². The molecule has 2 heterocycles. The van der Waals surface area contributed by atoms with Gasteiger partial charge in [-0.1, -0.05) is 36.4 Å². The normalized spacial score (nSPS) is 16.5. The van der Waals surface area contributed by atoms with Gasteiger partial charge in [0.25, 0.3) is 5.91 Å². The van der Waals surface area contributed by atoms with Crippen LogP contribution in [0.4, 0.5) is 0 Å². The standard InChI is InChI=1S/C27H32N2O5/c1-2-32-15-8-14-29(19-26(30)28-18-21-10-7-16-33-21)27(31)23-17-20-9-3-5-12-24(20)34-25-13-6-4-11-22(23)25/h3-6,9,11-13,17,21H,2,7-8,10,14-16,18-19H2,1H3,(H,28,30). The number of benzene rings is 2. The van der Waals surface area contributed by atoms with Crippen LogP contribution in [0.15, 0.2) is 48.5 Å². The van der Waals surface area contributed by atoms with Gasteiger partial charge < -0.3 is 24.4 Å². The average Bonchev–Trinajstić information content (AvgIpc) is 3.32. The summed E-state index contributed by atoms with van der Waals surface area (Å²) in [5, 5.41) is 2.93. The molecule has 0 saturated carbocycles. The summed E-state index contributed by atoms with van der Waals surface area (Å²) in [5.74, 6) is 0.898. The van der Waals surface area contributed by atoms with Gasteiger partial charge in [0.1, 0.15) is 11.5 Å². The van der Waals surface area contributed by atoms with Gasteiger partial charge in [-0.3, -0.25) is 9.59 Å². The van der Waals surface area contributed by atoms with Gasteiger partial charge in [0.15, 0.2) is 0 Å². The number of ether oxygens (including phenoxy) is 3. The summed E-state index contributed by atoms with van der Waals surface area (Å²) in [6, 6.07) is 15.1. The van der Waals surface area contributed by atoms with Gasteiger partial charge >= 0.3 is 0 Å². The summed E-state index contributed by atoms with van der Waals surface area (Å²) in [4.78, 5) is 28.2. The molecule has 0 radical (unpaired) electrons. The first kappa shape index (κ1) is 24.0. The van der Waals surface area contributed by atoms with Crippen molar-refractivity contribution in [2.24, 2.45) is 0 Å². The van der Waals surface area contributed by atoms with Gasteiger partial charge in [-0.25, -0.2) is 0 Å². The van der Waals surface area contributed by atoms with Crippen molar-refractivity contribution in [3.8, 4) is 11.5 Å². The fourth-order valence-corrected chi connectivity index (χ4v) is 4.19. The van der Waals surface area contributed by atoms with Crippen LogP contribution in [-0.2, 0) is 19.1 Å². The molecule has 180 valence electrons. The van der Waals surface area contributed by atoms with Gasteiger partial charge in [0.2, 0.25) is 5.91 Å². The fourth-order valence-electron chi connectivity index (χ4n) is 4.19. The van der Waals surface area contributed by atoms with E-state index >= 15 is 0 Å². The van der Waals surface area contributed by atoms with Crippen molar-refractivity contribution in [1.82, 2.24) is 10.2 Å². The molecule has 1 fully saturated rings. The van der Waals surface area contributed by atoms with Crippen molar-refractivity contribution < 1.29 is 23.8 Å². The van der Waals surface area contributed by atoms with E-state index < -0.39 is 0 Å². The lowest BCUT2D eigenvalue weighted by atomic mass is 10.0. The van der Waals surface area contributed by atoms with E-state index in [2.05, 4.69) is 5.32 Å². The Morgan fingerprint density at radius 2 is 1.91 bits per heavy atom. The van der Waals surface area contributed by atoms with Gasteiger partial charge in [-0.15, -0.1) is 0 Å². The van der Waals surface area contributed by atoms with Gasteiger partial charge in [0, 0.05) is 44.0 Å². The van der Waals surface area contributed by atoms with Crippen LogP contribution in [-0.4, -0.2) is 62.3 Å². The third-order valence-corrected chi connectivity index (χ3v) is 5.94. The summed E-state index contributed by atoms with van der Waals surface area (Å²) in [6.45, 7) is 4.66.